The van der Waals surface area contributed by atoms with Gasteiger partial charge in [0.2, 0.25) is 5.88 Å². The minimum atomic E-state index is 0.115. The Morgan fingerprint density at radius 1 is 1.44 bits per heavy atom. The molecule has 0 saturated heterocycles. The summed E-state index contributed by atoms with van der Waals surface area (Å²) in [6, 6.07) is 5.88. The van der Waals surface area contributed by atoms with Gasteiger partial charge < -0.3 is 14.5 Å². The zero-order valence-corrected chi connectivity index (χ0v) is 11.9. The summed E-state index contributed by atoms with van der Waals surface area (Å²) in [5.41, 5.74) is 1.12. The predicted molar refractivity (Wildman–Crippen MR) is 72.7 cm³/mol. The van der Waals surface area contributed by atoms with Crippen molar-refractivity contribution in [1.82, 2.24) is 10.3 Å². The highest BCUT2D eigenvalue weighted by Crippen LogP contribution is 2.27. The third-order valence-electron chi connectivity index (χ3n) is 2.76. The van der Waals surface area contributed by atoms with E-state index in [0.29, 0.717) is 5.88 Å². The van der Waals surface area contributed by atoms with E-state index in [0.717, 1.165) is 22.2 Å². The topological polar surface area (TPSA) is 47.3 Å². The maximum atomic E-state index is 5.48. The molecular formula is C13H15BrN2O2. The average Bonchev–Trinajstić information content (AvgIpc) is 2.83. The van der Waals surface area contributed by atoms with Gasteiger partial charge in [0.1, 0.15) is 5.76 Å². The fraction of sp³-hybridized carbons (Fsp3) is 0.308. The quantitative estimate of drug-likeness (QED) is 0.922. The van der Waals surface area contributed by atoms with Crippen LogP contribution in [-0.4, -0.2) is 19.1 Å². The van der Waals surface area contributed by atoms with Crippen molar-refractivity contribution in [2.45, 2.75) is 12.5 Å². The van der Waals surface area contributed by atoms with Crippen LogP contribution in [0.2, 0.25) is 0 Å². The largest absolute Gasteiger partial charge is 0.481 e. The first-order chi connectivity index (χ1) is 8.74. The Morgan fingerprint density at radius 2 is 2.28 bits per heavy atom. The third-order valence-corrected chi connectivity index (χ3v) is 3.41. The lowest BCUT2D eigenvalue weighted by Crippen LogP contribution is -2.18. The molecule has 2 aromatic heterocycles. The number of furan rings is 1. The Labute approximate surface area is 114 Å². The van der Waals surface area contributed by atoms with Gasteiger partial charge in [0.15, 0.2) is 0 Å². The van der Waals surface area contributed by atoms with E-state index in [1.807, 2.05) is 31.4 Å². The van der Waals surface area contributed by atoms with Crippen LogP contribution in [0.5, 0.6) is 5.88 Å². The van der Waals surface area contributed by atoms with Gasteiger partial charge in [-0.2, -0.15) is 0 Å². The summed E-state index contributed by atoms with van der Waals surface area (Å²) >= 11 is 3.47. The number of aromatic nitrogens is 1. The Kier molecular flexibility index (Phi) is 4.38. The molecule has 0 radical (unpaired) electrons. The van der Waals surface area contributed by atoms with Gasteiger partial charge in [-0.1, -0.05) is 6.07 Å². The first kappa shape index (κ1) is 13.1. The van der Waals surface area contributed by atoms with Crippen molar-refractivity contribution in [3.63, 3.8) is 0 Å². The molecule has 0 saturated carbocycles. The van der Waals surface area contributed by atoms with E-state index < -0.39 is 0 Å². The minimum absolute atomic E-state index is 0.115. The zero-order chi connectivity index (χ0) is 13.0. The number of likely N-dealkylation sites (N-methyl/N-ethyl adjacent to an activating group) is 1. The first-order valence-corrected chi connectivity index (χ1v) is 6.43. The molecule has 2 aromatic rings. The summed E-state index contributed by atoms with van der Waals surface area (Å²) in [6.07, 6.45) is 4.30. The maximum absolute atomic E-state index is 5.48. The Balaban J connectivity index is 2.13. The number of halogens is 1. The maximum Gasteiger partial charge on any atom is 0.212 e. The minimum Gasteiger partial charge on any atom is -0.481 e. The molecule has 0 aromatic carbocycles. The zero-order valence-electron chi connectivity index (χ0n) is 10.3. The van der Waals surface area contributed by atoms with Gasteiger partial charge in [-0.05, 0) is 41.0 Å². The number of ether oxygens (including phenoxy) is 1. The van der Waals surface area contributed by atoms with Crippen LogP contribution in [-0.2, 0) is 6.42 Å². The summed E-state index contributed by atoms with van der Waals surface area (Å²) in [6.45, 7) is 0. The molecule has 0 aliphatic carbocycles. The van der Waals surface area contributed by atoms with Crippen LogP contribution in [0.25, 0.3) is 0 Å². The average molecular weight is 311 g/mol. The fourth-order valence-corrected chi connectivity index (χ4v) is 2.25. The molecule has 0 spiro atoms. The van der Waals surface area contributed by atoms with Crippen LogP contribution in [0.1, 0.15) is 17.4 Å². The number of pyridine rings is 1. The monoisotopic (exact) mass is 310 g/mol. The van der Waals surface area contributed by atoms with Crippen molar-refractivity contribution >= 4 is 15.9 Å². The molecule has 96 valence electrons. The van der Waals surface area contributed by atoms with Crippen LogP contribution < -0.4 is 10.1 Å². The Morgan fingerprint density at radius 3 is 2.78 bits per heavy atom. The first-order valence-electron chi connectivity index (χ1n) is 5.63. The number of rotatable bonds is 5. The fourth-order valence-electron chi connectivity index (χ4n) is 1.77. The van der Waals surface area contributed by atoms with Crippen LogP contribution in [0, 0.1) is 0 Å². The lowest BCUT2D eigenvalue weighted by atomic mass is 10.1. The van der Waals surface area contributed by atoms with E-state index >= 15 is 0 Å². The van der Waals surface area contributed by atoms with Crippen LogP contribution in [0.4, 0.5) is 0 Å². The molecule has 5 heteroatoms. The van der Waals surface area contributed by atoms with Gasteiger partial charge in [-0.3, -0.25) is 0 Å². The SMILES string of the molecule is CNC(Cc1ccc(OC)nc1)c1occc1Br. The normalized spacial score (nSPS) is 12.4. The lowest BCUT2D eigenvalue weighted by Gasteiger charge is -2.14. The predicted octanol–water partition coefficient (Wildman–Crippen LogP) is 2.95. The van der Waals surface area contributed by atoms with Crippen molar-refractivity contribution in [3.05, 3.63) is 46.5 Å². The van der Waals surface area contributed by atoms with Crippen molar-refractivity contribution in [2.75, 3.05) is 14.2 Å². The number of nitrogens with zero attached hydrogens (tertiary/aromatic N) is 1. The molecule has 0 aliphatic heterocycles. The summed E-state index contributed by atoms with van der Waals surface area (Å²) < 4.78 is 11.5. The van der Waals surface area contributed by atoms with E-state index in [-0.39, 0.29) is 6.04 Å². The standard InChI is InChI=1S/C13H15BrN2O2/c1-15-11(13-10(14)5-6-18-13)7-9-3-4-12(17-2)16-8-9/h3-6,8,11,15H,7H2,1-2H3. The number of methoxy groups -OCH3 is 1. The highest BCUT2D eigenvalue weighted by Gasteiger charge is 2.16. The number of nitrogens with one attached hydrogen (secondary N) is 1. The van der Waals surface area contributed by atoms with E-state index in [2.05, 4.69) is 26.2 Å². The number of hydrogen-bond donors (Lipinski definition) is 1. The Bertz CT molecular complexity index is 496. The molecule has 4 nitrogen and oxygen atoms in total. The second kappa shape index (κ2) is 6.02. The Hall–Kier alpha value is -1.33. The van der Waals surface area contributed by atoms with Gasteiger partial charge in [-0.25, -0.2) is 4.98 Å². The van der Waals surface area contributed by atoms with Crippen LogP contribution in [0.3, 0.4) is 0 Å². The van der Waals surface area contributed by atoms with E-state index in [1.54, 1.807) is 13.4 Å². The molecule has 0 bridgehead atoms. The van der Waals surface area contributed by atoms with Gasteiger partial charge in [0.05, 0.1) is 23.9 Å². The summed E-state index contributed by atoms with van der Waals surface area (Å²) in [7, 11) is 3.52. The molecule has 2 rings (SSSR count). The molecular weight excluding hydrogens is 296 g/mol. The highest BCUT2D eigenvalue weighted by atomic mass is 79.9. The highest BCUT2D eigenvalue weighted by molar-refractivity contribution is 9.10. The van der Waals surface area contributed by atoms with E-state index in [4.69, 9.17) is 9.15 Å². The van der Waals surface area contributed by atoms with Crippen molar-refractivity contribution in [1.29, 1.82) is 0 Å². The molecule has 18 heavy (non-hydrogen) atoms. The third kappa shape index (κ3) is 2.91. The molecule has 2 heterocycles. The van der Waals surface area contributed by atoms with Crippen molar-refractivity contribution in [3.8, 4) is 5.88 Å². The molecule has 0 amide bonds. The molecule has 0 aliphatic rings. The second-order valence-corrected chi connectivity index (χ2v) is 4.74. The van der Waals surface area contributed by atoms with E-state index in [1.165, 1.54) is 0 Å². The van der Waals surface area contributed by atoms with Gasteiger partial charge >= 0.3 is 0 Å². The van der Waals surface area contributed by atoms with E-state index in [9.17, 15) is 0 Å². The second-order valence-electron chi connectivity index (χ2n) is 3.89. The lowest BCUT2D eigenvalue weighted by molar-refractivity contribution is 0.396. The summed E-state index contributed by atoms with van der Waals surface area (Å²) in [5, 5.41) is 3.24. The van der Waals surface area contributed by atoms with Crippen LogP contribution >= 0.6 is 15.9 Å². The molecule has 0 fully saturated rings. The van der Waals surface area contributed by atoms with Gasteiger partial charge in [0, 0.05) is 12.3 Å². The molecule has 1 N–H and O–H groups in total. The summed E-state index contributed by atoms with van der Waals surface area (Å²) in [5.74, 6) is 1.52. The summed E-state index contributed by atoms with van der Waals surface area (Å²) in [4.78, 5) is 4.20. The van der Waals surface area contributed by atoms with Gasteiger partial charge in [0.25, 0.3) is 0 Å². The van der Waals surface area contributed by atoms with Crippen molar-refractivity contribution < 1.29 is 9.15 Å². The molecule has 1 atom stereocenters. The number of hydrogen-bond acceptors (Lipinski definition) is 4. The van der Waals surface area contributed by atoms with Crippen molar-refractivity contribution in [2.24, 2.45) is 0 Å². The molecule has 1 unspecified atom stereocenters. The van der Waals surface area contributed by atoms with Crippen LogP contribution in [0.15, 0.2) is 39.5 Å². The smallest absolute Gasteiger partial charge is 0.212 e. The van der Waals surface area contributed by atoms with Gasteiger partial charge in [-0.15, -0.1) is 0 Å².